The maximum atomic E-state index is 12.9. The molecule has 0 atom stereocenters. The van der Waals surface area contributed by atoms with Crippen LogP contribution < -0.4 is 14.9 Å². The maximum Gasteiger partial charge on any atom is 0.257 e. The van der Waals surface area contributed by atoms with Crippen molar-refractivity contribution in [3.8, 4) is 5.82 Å². The van der Waals surface area contributed by atoms with Gasteiger partial charge in [-0.25, -0.2) is 13.4 Å². The summed E-state index contributed by atoms with van der Waals surface area (Å²) >= 11 is 6.10. The van der Waals surface area contributed by atoms with Gasteiger partial charge in [-0.1, -0.05) is 25.4 Å². The van der Waals surface area contributed by atoms with Crippen molar-refractivity contribution in [1.29, 1.82) is 0 Å². The van der Waals surface area contributed by atoms with Crippen LogP contribution in [-0.2, 0) is 14.8 Å². The monoisotopic (exact) mass is 558 g/mol. The highest BCUT2D eigenvalue weighted by molar-refractivity contribution is 7.92. The molecule has 10 nitrogen and oxygen atoms in total. The van der Waals surface area contributed by atoms with Crippen molar-refractivity contribution in [3.05, 3.63) is 65.1 Å². The van der Waals surface area contributed by atoms with E-state index < -0.39 is 10.0 Å². The Kier molecular flexibility index (Phi) is 7.98. The topological polar surface area (TPSA) is 117 Å². The van der Waals surface area contributed by atoms with Crippen molar-refractivity contribution in [2.45, 2.75) is 20.8 Å². The molecule has 1 aromatic carbocycles. The molecule has 3 heterocycles. The molecule has 0 saturated carbocycles. The summed E-state index contributed by atoms with van der Waals surface area (Å²) in [6.45, 7) is 8.59. The minimum atomic E-state index is -3.49. The fraction of sp³-hybridized carbons (Fsp3) is 0.346. The lowest BCUT2D eigenvalue weighted by Crippen LogP contribution is -2.49. The molecule has 4 rings (SSSR count). The molecule has 0 spiro atoms. The second-order valence-corrected chi connectivity index (χ2v) is 11.8. The highest BCUT2D eigenvalue weighted by atomic mass is 35.5. The van der Waals surface area contributed by atoms with Gasteiger partial charge in [0.1, 0.15) is 5.82 Å². The van der Waals surface area contributed by atoms with E-state index in [0.29, 0.717) is 30.2 Å². The lowest BCUT2D eigenvalue weighted by atomic mass is 10.1. The number of halogens is 1. The number of carbonyl (C=O) groups excluding carboxylic acids is 2. The molecular formula is C26H31ClN6O4S. The van der Waals surface area contributed by atoms with Gasteiger partial charge < -0.3 is 19.7 Å². The van der Waals surface area contributed by atoms with E-state index in [1.807, 2.05) is 42.4 Å². The number of aryl methyl sites for hydroxylation is 1. The third-order valence-electron chi connectivity index (χ3n) is 6.16. The Morgan fingerprint density at radius 1 is 1.03 bits per heavy atom. The summed E-state index contributed by atoms with van der Waals surface area (Å²) in [5.74, 6) is 0.479. The second-order valence-electron chi connectivity index (χ2n) is 9.64. The van der Waals surface area contributed by atoms with Crippen molar-refractivity contribution >= 4 is 50.5 Å². The van der Waals surface area contributed by atoms with Crippen LogP contribution in [0, 0.1) is 12.8 Å². The molecule has 1 saturated heterocycles. The molecular weight excluding hydrogens is 528 g/mol. The van der Waals surface area contributed by atoms with Gasteiger partial charge in [-0.2, -0.15) is 0 Å². The number of pyridine rings is 1. The first-order chi connectivity index (χ1) is 17.9. The summed E-state index contributed by atoms with van der Waals surface area (Å²) in [6.07, 6.45) is 4.54. The average Bonchev–Trinajstić information content (AvgIpc) is 3.24. The lowest BCUT2D eigenvalue weighted by molar-refractivity contribution is -0.134. The van der Waals surface area contributed by atoms with Crippen LogP contribution in [0.25, 0.3) is 5.82 Å². The number of nitrogens with one attached hydrogen (secondary N) is 2. The predicted molar refractivity (Wildman–Crippen MR) is 150 cm³/mol. The molecule has 0 radical (unpaired) electrons. The van der Waals surface area contributed by atoms with Crippen molar-refractivity contribution < 1.29 is 18.0 Å². The van der Waals surface area contributed by atoms with E-state index in [2.05, 4.69) is 19.9 Å². The summed E-state index contributed by atoms with van der Waals surface area (Å²) in [4.78, 5) is 33.9. The third-order valence-corrected chi connectivity index (χ3v) is 6.99. The number of nitrogens with zero attached hydrogens (tertiary/aromatic N) is 4. The molecule has 12 heteroatoms. The Balaban J connectivity index is 1.44. The molecule has 2 amide bonds. The Labute approximate surface area is 227 Å². The van der Waals surface area contributed by atoms with Gasteiger partial charge in [0.25, 0.3) is 5.91 Å². The van der Waals surface area contributed by atoms with Gasteiger partial charge in [0.05, 0.1) is 29.4 Å². The number of amides is 2. The van der Waals surface area contributed by atoms with Crippen molar-refractivity contribution in [2.75, 3.05) is 47.4 Å². The molecule has 2 N–H and O–H groups in total. The molecule has 1 fully saturated rings. The van der Waals surface area contributed by atoms with Gasteiger partial charge in [0.2, 0.25) is 15.9 Å². The first-order valence-electron chi connectivity index (χ1n) is 12.2. The first kappa shape index (κ1) is 27.5. The number of rotatable bonds is 7. The summed E-state index contributed by atoms with van der Waals surface area (Å²) in [5.41, 5.74) is 2.82. The number of hydrogen-bond donors (Lipinski definition) is 2. The number of anilines is 3. The zero-order chi connectivity index (χ0) is 27.6. The van der Waals surface area contributed by atoms with E-state index in [0.717, 1.165) is 30.7 Å². The SMILES string of the molecule is Cc1cc(C(=O)Nc2cc(Cl)cc(NS(C)(=O)=O)c2)cn1-c1ccc(N2CCN(C(=O)C(C)C)CC2)cn1. The summed E-state index contributed by atoms with van der Waals surface area (Å²) in [7, 11) is -3.49. The average molecular weight is 559 g/mol. The van der Waals surface area contributed by atoms with E-state index in [9.17, 15) is 18.0 Å². The zero-order valence-electron chi connectivity index (χ0n) is 21.7. The van der Waals surface area contributed by atoms with Crippen LogP contribution in [0.2, 0.25) is 5.02 Å². The number of benzene rings is 1. The Morgan fingerprint density at radius 2 is 1.71 bits per heavy atom. The Hall–Kier alpha value is -3.57. The van der Waals surface area contributed by atoms with Gasteiger partial charge in [-0.05, 0) is 43.3 Å². The Bertz CT molecular complexity index is 1440. The predicted octanol–water partition coefficient (Wildman–Crippen LogP) is 3.76. The maximum absolute atomic E-state index is 12.9. The van der Waals surface area contributed by atoms with E-state index in [-0.39, 0.29) is 28.4 Å². The largest absolute Gasteiger partial charge is 0.367 e. The van der Waals surface area contributed by atoms with Crippen LogP contribution in [0.15, 0.2) is 48.8 Å². The highest BCUT2D eigenvalue weighted by Gasteiger charge is 2.23. The van der Waals surface area contributed by atoms with Gasteiger partial charge in [0, 0.05) is 54.7 Å². The van der Waals surface area contributed by atoms with Crippen LogP contribution in [-0.4, -0.2) is 67.1 Å². The van der Waals surface area contributed by atoms with Crippen LogP contribution in [0.1, 0.15) is 29.9 Å². The second kappa shape index (κ2) is 11.0. The van der Waals surface area contributed by atoms with Crippen molar-refractivity contribution in [3.63, 3.8) is 0 Å². The molecule has 1 aliphatic heterocycles. The number of carbonyl (C=O) groups is 2. The summed E-state index contributed by atoms with van der Waals surface area (Å²) in [5, 5.41) is 3.04. The number of piperazine rings is 1. The summed E-state index contributed by atoms with van der Waals surface area (Å²) in [6, 6.07) is 10.1. The van der Waals surface area contributed by atoms with E-state index in [1.165, 1.54) is 18.2 Å². The molecule has 2 aromatic heterocycles. The van der Waals surface area contributed by atoms with Crippen molar-refractivity contribution in [2.24, 2.45) is 5.92 Å². The van der Waals surface area contributed by atoms with E-state index in [4.69, 9.17) is 11.6 Å². The number of hydrogen-bond acceptors (Lipinski definition) is 6. The van der Waals surface area contributed by atoms with Crippen LogP contribution in [0.4, 0.5) is 17.1 Å². The van der Waals surface area contributed by atoms with Crippen molar-refractivity contribution in [1.82, 2.24) is 14.5 Å². The van der Waals surface area contributed by atoms with Gasteiger partial charge in [-0.15, -0.1) is 0 Å². The van der Waals surface area contributed by atoms with Gasteiger partial charge in [0.15, 0.2) is 0 Å². The molecule has 3 aromatic rings. The van der Waals surface area contributed by atoms with Crippen LogP contribution >= 0.6 is 11.6 Å². The molecule has 38 heavy (non-hydrogen) atoms. The Morgan fingerprint density at radius 3 is 2.32 bits per heavy atom. The summed E-state index contributed by atoms with van der Waals surface area (Å²) < 4.78 is 27.3. The molecule has 0 unspecified atom stereocenters. The normalized spacial score (nSPS) is 14.1. The minimum Gasteiger partial charge on any atom is -0.367 e. The fourth-order valence-electron chi connectivity index (χ4n) is 4.34. The molecule has 1 aliphatic rings. The molecule has 0 aliphatic carbocycles. The zero-order valence-corrected chi connectivity index (χ0v) is 23.3. The van der Waals surface area contributed by atoms with Gasteiger partial charge >= 0.3 is 0 Å². The van der Waals surface area contributed by atoms with Crippen LogP contribution in [0.3, 0.4) is 0 Å². The first-order valence-corrected chi connectivity index (χ1v) is 14.5. The third kappa shape index (κ3) is 6.65. The molecule has 0 bridgehead atoms. The smallest absolute Gasteiger partial charge is 0.257 e. The minimum absolute atomic E-state index is 0.000801. The molecule has 202 valence electrons. The van der Waals surface area contributed by atoms with Gasteiger partial charge in [-0.3, -0.25) is 14.3 Å². The number of aromatic nitrogens is 2. The number of sulfonamides is 1. The lowest BCUT2D eigenvalue weighted by Gasteiger charge is -2.36. The highest BCUT2D eigenvalue weighted by Crippen LogP contribution is 2.25. The standard InChI is InChI=1S/C26H31ClN6O4S/c1-17(2)26(35)32-9-7-31(8-10-32)23-5-6-24(28-15-23)33-16-19(11-18(33)3)25(34)29-21-12-20(27)13-22(14-21)30-38(4,36)37/h5-6,11-17,30H,7-10H2,1-4H3,(H,29,34). The van der Waals surface area contributed by atoms with Crippen LogP contribution in [0.5, 0.6) is 0 Å². The van der Waals surface area contributed by atoms with E-state index in [1.54, 1.807) is 18.5 Å². The van der Waals surface area contributed by atoms with E-state index >= 15 is 0 Å². The fourth-order valence-corrected chi connectivity index (χ4v) is 5.12. The quantitative estimate of drug-likeness (QED) is 0.456.